The number of hydrogen-bond acceptors (Lipinski definition) is 4. The number of hydrogen-bond donors (Lipinski definition) is 1. The average molecular weight is 351 g/mol. The molecule has 5 heteroatoms. The van der Waals surface area contributed by atoms with Gasteiger partial charge in [-0.3, -0.25) is 9.89 Å². The molecule has 0 bridgehead atoms. The van der Waals surface area contributed by atoms with E-state index in [2.05, 4.69) is 15.2 Å². The largest absolute Gasteiger partial charge is 0.293 e. The molecule has 1 N–H and O–H groups in total. The molecule has 1 heterocycles. The number of carbonyl (C=O) groups excluding carboxylic acids is 1. The molecule has 0 aliphatic rings. The second kappa shape index (κ2) is 7.23. The summed E-state index contributed by atoms with van der Waals surface area (Å²) in [4.78, 5) is 17.1. The minimum atomic E-state index is 0.113. The summed E-state index contributed by atoms with van der Waals surface area (Å²) in [5, 5.41) is 7.75. The predicted octanol–water partition coefficient (Wildman–Crippen LogP) is 4.68. The molecule has 3 rings (SSSR count). The van der Waals surface area contributed by atoms with E-state index in [9.17, 15) is 4.79 Å². The number of aryl methyl sites for hydroxylation is 4. The van der Waals surface area contributed by atoms with Crippen LogP contribution in [0.15, 0.2) is 41.6 Å². The molecule has 0 radical (unpaired) electrons. The van der Waals surface area contributed by atoms with Gasteiger partial charge in [-0.1, -0.05) is 59.3 Å². The molecule has 0 saturated heterocycles. The van der Waals surface area contributed by atoms with Gasteiger partial charge in [-0.2, -0.15) is 0 Å². The number of aromatic nitrogens is 3. The second-order valence-corrected chi connectivity index (χ2v) is 7.26. The first kappa shape index (κ1) is 17.4. The third-order valence-corrected chi connectivity index (χ3v) is 4.93. The summed E-state index contributed by atoms with van der Waals surface area (Å²) in [5.74, 6) is 1.16. The molecule has 0 saturated carbocycles. The average Bonchev–Trinajstić information content (AvgIpc) is 3.01. The standard InChI is InChI=1S/C20H21N3OS/c1-12-5-7-16(8-6-12)19-21-20(23-22-19)25-11-17(24)18-14(3)9-13(2)10-15(18)4/h5-10H,11H2,1-4H3,(H,21,22,23). The van der Waals surface area contributed by atoms with Crippen molar-refractivity contribution in [3.63, 3.8) is 0 Å². The highest BCUT2D eigenvalue weighted by Crippen LogP contribution is 2.23. The Balaban J connectivity index is 1.70. The summed E-state index contributed by atoms with van der Waals surface area (Å²) in [6.45, 7) is 8.07. The Kier molecular flexibility index (Phi) is 5.04. The van der Waals surface area contributed by atoms with E-state index in [-0.39, 0.29) is 5.78 Å². The number of nitrogens with zero attached hydrogens (tertiary/aromatic N) is 2. The van der Waals surface area contributed by atoms with Crippen molar-refractivity contribution in [1.29, 1.82) is 0 Å². The van der Waals surface area contributed by atoms with Crippen molar-refractivity contribution in [3.05, 3.63) is 64.2 Å². The highest BCUT2D eigenvalue weighted by Gasteiger charge is 2.15. The fourth-order valence-corrected chi connectivity index (χ4v) is 3.64. The smallest absolute Gasteiger partial charge is 0.209 e. The molecule has 3 aromatic rings. The van der Waals surface area contributed by atoms with Crippen LogP contribution in [-0.4, -0.2) is 26.7 Å². The van der Waals surface area contributed by atoms with Crippen molar-refractivity contribution in [3.8, 4) is 11.4 Å². The fourth-order valence-electron chi connectivity index (χ4n) is 2.97. The third-order valence-electron chi connectivity index (χ3n) is 4.08. The van der Waals surface area contributed by atoms with Gasteiger partial charge in [-0.25, -0.2) is 4.98 Å². The monoisotopic (exact) mass is 351 g/mol. The first-order valence-electron chi connectivity index (χ1n) is 8.17. The van der Waals surface area contributed by atoms with E-state index < -0.39 is 0 Å². The number of thioether (sulfide) groups is 1. The number of ketones is 1. The molecule has 2 aromatic carbocycles. The number of H-pyrrole nitrogens is 1. The quantitative estimate of drug-likeness (QED) is 0.535. The van der Waals surface area contributed by atoms with Gasteiger partial charge in [0.1, 0.15) is 0 Å². The Hall–Kier alpha value is -2.40. The van der Waals surface area contributed by atoms with Gasteiger partial charge < -0.3 is 0 Å². The summed E-state index contributed by atoms with van der Waals surface area (Å²) in [6.07, 6.45) is 0. The fraction of sp³-hybridized carbons (Fsp3) is 0.250. The molecule has 0 aliphatic carbocycles. The van der Waals surface area contributed by atoms with Crippen LogP contribution in [0.3, 0.4) is 0 Å². The molecule has 0 aliphatic heterocycles. The number of benzene rings is 2. The van der Waals surface area contributed by atoms with E-state index in [1.807, 2.05) is 64.1 Å². The number of nitrogens with one attached hydrogen (secondary N) is 1. The minimum Gasteiger partial charge on any atom is -0.293 e. The van der Waals surface area contributed by atoms with Gasteiger partial charge in [0.15, 0.2) is 11.6 Å². The van der Waals surface area contributed by atoms with Crippen molar-refractivity contribution in [2.75, 3.05) is 5.75 Å². The Morgan fingerprint density at radius 3 is 2.28 bits per heavy atom. The second-order valence-electron chi connectivity index (χ2n) is 6.32. The van der Waals surface area contributed by atoms with Crippen LogP contribution >= 0.6 is 11.8 Å². The zero-order valence-electron chi connectivity index (χ0n) is 14.9. The van der Waals surface area contributed by atoms with Crippen molar-refractivity contribution in [2.24, 2.45) is 0 Å². The van der Waals surface area contributed by atoms with Gasteiger partial charge in [-0.05, 0) is 38.8 Å². The Bertz CT molecular complexity index is 890. The van der Waals surface area contributed by atoms with Gasteiger partial charge in [0, 0.05) is 11.1 Å². The third kappa shape index (κ3) is 3.99. The van der Waals surface area contributed by atoms with Crippen molar-refractivity contribution >= 4 is 17.5 Å². The van der Waals surface area contributed by atoms with Gasteiger partial charge in [0.2, 0.25) is 5.16 Å². The maximum atomic E-state index is 12.6. The molecule has 25 heavy (non-hydrogen) atoms. The summed E-state index contributed by atoms with van der Waals surface area (Å²) < 4.78 is 0. The molecule has 0 fully saturated rings. The van der Waals surface area contributed by atoms with Crippen molar-refractivity contribution < 1.29 is 4.79 Å². The number of Topliss-reactive ketones (excluding diaryl/α,β-unsaturated/α-hetero) is 1. The highest BCUT2D eigenvalue weighted by molar-refractivity contribution is 7.99. The topological polar surface area (TPSA) is 58.6 Å². The lowest BCUT2D eigenvalue weighted by atomic mass is 9.97. The van der Waals surface area contributed by atoms with Crippen LogP contribution in [-0.2, 0) is 0 Å². The van der Waals surface area contributed by atoms with E-state index in [0.29, 0.717) is 10.9 Å². The van der Waals surface area contributed by atoms with Gasteiger partial charge in [-0.15, -0.1) is 5.10 Å². The van der Waals surface area contributed by atoms with Crippen LogP contribution < -0.4 is 0 Å². The predicted molar refractivity (Wildman–Crippen MR) is 102 cm³/mol. The van der Waals surface area contributed by atoms with Gasteiger partial charge in [0.05, 0.1) is 5.75 Å². The molecule has 0 amide bonds. The Morgan fingerprint density at radius 1 is 1.00 bits per heavy atom. The van der Waals surface area contributed by atoms with E-state index in [4.69, 9.17) is 0 Å². The van der Waals surface area contributed by atoms with Crippen LogP contribution in [0.25, 0.3) is 11.4 Å². The zero-order chi connectivity index (χ0) is 18.0. The number of carbonyl (C=O) groups is 1. The van der Waals surface area contributed by atoms with E-state index in [0.717, 1.165) is 28.1 Å². The van der Waals surface area contributed by atoms with Gasteiger partial charge >= 0.3 is 0 Å². The minimum absolute atomic E-state index is 0.113. The summed E-state index contributed by atoms with van der Waals surface area (Å²) >= 11 is 1.36. The first-order chi connectivity index (χ1) is 11.9. The lowest BCUT2D eigenvalue weighted by Gasteiger charge is -2.09. The van der Waals surface area contributed by atoms with Crippen molar-refractivity contribution in [2.45, 2.75) is 32.9 Å². The lowest BCUT2D eigenvalue weighted by Crippen LogP contribution is -2.08. The maximum absolute atomic E-state index is 12.6. The maximum Gasteiger partial charge on any atom is 0.209 e. The van der Waals surface area contributed by atoms with Crippen LogP contribution in [0.2, 0.25) is 0 Å². The first-order valence-corrected chi connectivity index (χ1v) is 9.16. The van der Waals surface area contributed by atoms with Gasteiger partial charge in [0.25, 0.3) is 0 Å². The molecular weight excluding hydrogens is 330 g/mol. The lowest BCUT2D eigenvalue weighted by molar-refractivity contribution is 0.102. The summed E-state index contributed by atoms with van der Waals surface area (Å²) in [7, 11) is 0. The van der Waals surface area contributed by atoms with Crippen LogP contribution in [0.5, 0.6) is 0 Å². The van der Waals surface area contributed by atoms with Crippen LogP contribution in [0.1, 0.15) is 32.6 Å². The SMILES string of the molecule is Cc1ccc(-c2nc(SCC(=O)c3c(C)cc(C)cc3C)n[nH]2)cc1. The van der Waals surface area contributed by atoms with Crippen LogP contribution in [0, 0.1) is 27.7 Å². The molecule has 4 nitrogen and oxygen atoms in total. The van der Waals surface area contributed by atoms with E-state index >= 15 is 0 Å². The highest BCUT2D eigenvalue weighted by atomic mass is 32.2. The zero-order valence-corrected chi connectivity index (χ0v) is 15.7. The van der Waals surface area contributed by atoms with E-state index in [1.54, 1.807) is 0 Å². The van der Waals surface area contributed by atoms with E-state index in [1.165, 1.54) is 22.9 Å². The van der Waals surface area contributed by atoms with Crippen molar-refractivity contribution in [1.82, 2.24) is 15.2 Å². The number of rotatable bonds is 5. The molecular formula is C20H21N3OS. The summed E-state index contributed by atoms with van der Waals surface area (Å²) in [5.41, 5.74) is 6.23. The molecule has 0 unspecified atom stereocenters. The molecule has 0 spiro atoms. The Morgan fingerprint density at radius 2 is 1.64 bits per heavy atom. The molecule has 128 valence electrons. The number of aromatic amines is 1. The summed E-state index contributed by atoms with van der Waals surface area (Å²) in [6, 6.07) is 12.2. The Labute approximate surface area is 152 Å². The molecule has 1 aromatic heterocycles. The molecule has 0 atom stereocenters. The normalized spacial score (nSPS) is 10.9. The van der Waals surface area contributed by atoms with Crippen LogP contribution in [0.4, 0.5) is 0 Å².